The van der Waals surface area contributed by atoms with E-state index < -0.39 is 0 Å². The molecule has 0 aliphatic rings. The first-order chi connectivity index (χ1) is 10.3. The zero-order chi connectivity index (χ0) is 15.3. The van der Waals surface area contributed by atoms with Gasteiger partial charge in [0.25, 0.3) is 0 Å². The van der Waals surface area contributed by atoms with E-state index in [1.54, 1.807) is 7.11 Å². The number of methoxy groups -OCH3 is 1. The number of aryl methyl sites for hydroxylation is 1. The number of rotatable bonds is 12. The quantitative estimate of drug-likeness (QED) is 0.597. The topological polar surface area (TPSA) is 65.5 Å². The molecule has 0 atom stereocenters. The Morgan fingerprint density at radius 2 is 1.95 bits per heavy atom. The van der Waals surface area contributed by atoms with Crippen LogP contribution in [0.2, 0.25) is 0 Å². The smallest absolute Gasteiger partial charge is 0.218 e. The highest BCUT2D eigenvalue weighted by molar-refractivity contribution is 5.38. The summed E-state index contributed by atoms with van der Waals surface area (Å²) in [6.07, 6.45) is 2.73. The highest BCUT2D eigenvalue weighted by Gasteiger charge is 2.04. The van der Waals surface area contributed by atoms with Gasteiger partial charge < -0.3 is 19.5 Å². The fourth-order valence-corrected chi connectivity index (χ4v) is 1.66. The first-order valence-corrected chi connectivity index (χ1v) is 7.61. The Kier molecular flexibility index (Phi) is 9.48. The van der Waals surface area contributed by atoms with Gasteiger partial charge in [0.1, 0.15) is 18.2 Å². The molecular weight excluding hydrogens is 270 g/mol. The average Bonchev–Trinajstić information content (AvgIpc) is 2.51. The lowest BCUT2D eigenvalue weighted by Gasteiger charge is -2.10. The molecule has 21 heavy (non-hydrogen) atoms. The molecule has 0 aliphatic carbocycles. The Morgan fingerprint density at radius 3 is 2.67 bits per heavy atom. The van der Waals surface area contributed by atoms with Gasteiger partial charge in [0.2, 0.25) is 5.88 Å². The molecule has 0 aliphatic heterocycles. The van der Waals surface area contributed by atoms with Gasteiger partial charge in [-0.15, -0.1) is 0 Å². The van der Waals surface area contributed by atoms with Crippen molar-refractivity contribution in [1.29, 1.82) is 0 Å². The largest absolute Gasteiger partial charge is 0.475 e. The van der Waals surface area contributed by atoms with Crippen molar-refractivity contribution in [2.45, 2.75) is 33.1 Å². The summed E-state index contributed by atoms with van der Waals surface area (Å²) in [5.41, 5.74) is 0. The third kappa shape index (κ3) is 7.82. The van der Waals surface area contributed by atoms with Crippen molar-refractivity contribution in [3.05, 3.63) is 11.9 Å². The maximum absolute atomic E-state index is 5.63. The van der Waals surface area contributed by atoms with E-state index in [1.165, 1.54) is 0 Å². The third-order valence-corrected chi connectivity index (χ3v) is 2.74. The molecule has 0 fully saturated rings. The fraction of sp³-hybridized carbons (Fsp3) is 0.733. The Labute approximate surface area is 127 Å². The molecule has 1 heterocycles. The summed E-state index contributed by atoms with van der Waals surface area (Å²) < 4.78 is 16.0. The van der Waals surface area contributed by atoms with Crippen LogP contribution in [0.25, 0.3) is 0 Å². The van der Waals surface area contributed by atoms with Crippen LogP contribution in [0.5, 0.6) is 5.88 Å². The van der Waals surface area contributed by atoms with Crippen molar-refractivity contribution in [2.75, 3.05) is 45.4 Å². The molecule has 0 bridgehead atoms. The molecule has 0 amide bonds. The molecule has 0 spiro atoms. The standard InChI is InChI=1S/C15H27N3O3/c1-4-7-16-14-12-15(18-13(5-2)17-14)21-11-10-20-9-6-8-19-3/h12H,4-11H2,1-3H3,(H,16,17,18). The second-order valence-electron chi connectivity index (χ2n) is 4.60. The second-order valence-corrected chi connectivity index (χ2v) is 4.60. The first kappa shape index (κ1) is 17.7. The number of ether oxygens (including phenoxy) is 3. The van der Waals surface area contributed by atoms with Crippen molar-refractivity contribution in [3.63, 3.8) is 0 Å². The van der Waals surface area contributed by atoms with Crippen LogP contribution >= 0.6 is 0 Å². The van der Waals surface area contributed by atoms with Gasteiger partial charge in [-0.25, -0.2) is 4.98 Å². The lowest BCUT2D eigenvalue weighted by Crippen LogP contribution is -2.11. The number of nitrogens with zero attached hydrogens (tertiary/aromatic N) is 2. The van der Waals surface area contributed by atoms with E-state index in [0.717, 1.165) is 44.1 Å². The highest BCUT2D eigenvalue weighted by Crippen LogP contribution is 2.14. The Hall–Kier alpha value is -1.40. The minimum Gasteiger partial charge on any atom is -0.475 e. The molecule has 1 N–H and O–H groups in total. The van der Waals surface area contributed by atoms with Crippen LogP contribution in [0.4, 0.5) is 5.82 Å². The molecule has 0 radical (unpaired) electrons. The molecule has 0 aromatic carbocycles. The zero-order valence-corrected chi connectivity index (χ0v) is 13.4. The van der Waals surface area contributed by atoms with Crippen LogP contribution in [-0.4, -0.2) is 50.1 Å². The minimum atomic E-state index is 0.486. The molecular formula is C15H27N3O3. The van der Waals surface area contributed by atoms with Gasteiger partial charge in [-0.2, -0.15) is 4.98 Å². The predicted molar refractivity (Wildman–Crippen MR) is 83.0 cm³/mol. The van der Waals surface area contributed by atoms with E-state index in [-0.39, 0.29) is 0 Å². The van der Waals surface area contributed by atoms with E-state index in [0.29, 0.717) is 25.7 Å². The van der Waals surface area contributed by atoms with Gasteiger partial charge in [-0.1, -0.05) is 13.8 Å². The molecule has 6 heteroatoms. The summed E-state index contributed by atoms with van der Waals surface area (Å²) in [7, 11) is 1.69. The van der Waals surface area contributed by atoms with E-state index >= 15 is 0 Å². The molecule has 6 nitrogen and oxygen atoms in total. The number of hydrogen-bond acceptors (Lipinski definition) is 6. The number of aromatic nitrogens is 2. The Bertz CT molecular complexity index is 388. The van der Waals surface area contributed by atoms with Crippen LogP contribution in [0.1, 0.15) is 32.5 Å². The molecule has 1 aromatic heterocycles. The highest BCUT2D eigenvalue weighted by atomic mass is 16.5. The van der Waals surface area contributed by atoms with Crippen molar-refractivity contribution in [2.24, 2.45) is 0 Å². The lowest BCUT2D eigenvalue weighted by atomic mass is 10.4. The van der Waals surface area contributed by atoms with Crippen molar-refractivity contribution >= 4 is 5.82 Å². The first-order valence-electron chi connectivity index (χ1n) is 7.61. The maximum atomic E-state index is 5.63. The molecule has 0 saturated heterocycles. The van der Waals surface area contributed by atoms with Crippen molar-refractivity contribution in [1.82, 2.24) is 9.97 Å². The van der Waals surface area contributed by atoms with E-state index in [9.17, 15) is 0 Å². The van der Waals surface area contributed by atoms with Gasteiger partial charge in [-0.3, -0.25) is 0 Å². The third-order valence-electron chi connectivity index (χ3n) is 2.74. The minimum absolute atomic E-state index is 0.486. The van der Waals surface area contributed by atoms with Crippen molar-refractivity contribution < 1.29 is 14.2 Å². The van der Waals surface area contributed by atoms with Crippen LogP contribution < -0.4 is 10.1 Å². The number of anilines is 1. The molecule has 0 unspecified atom stereocenters. The monoisotopic (exact) mass is 297 g/mol. The summed E-state index contributed by atoms with van der Waals surface area (Å²) in [5, 5.41) is 3.26. The second kappa shape index (κ2) is 11.3. The fourth-order valence-electron chi connectivity index (χ4n) is 1.66. The average molecular weight is 297 g/mol. The normalized spacial score (nSPS) is 10.6. The van der Waals surface area contributed by atoms with Gasteiger partial charge >= 0.3 is 0 Å². The van der Waals surface area contributed by atoms with Crippen LogP contribution in [-0.2, 0) is 15.9 Å². The van der Waals surface area contributed by atoms with Crippen molar-refractivity contribution in [3.8, 4) is 5.88 Å². The van der Waals surface area contributed by atoms with Gasteiger partial charge in [-0.05, 0) is 12.8 Å². The van der Waals surface area contributed by atoms with Crippen LogP contribution in [0.15, 0.2) is 6.07 Å². The Balaban J connectivity index is 2.35. The Morgan fingerprint density at radius 1 is 1.10 bits per heavy atom. The predicted octanol–water partition coefficient (Wildman–Crippen LogP) is 2.29. The van der Waals surface area contributed by atoms with Crippen LogP contribution in [0.3, 0.4) is 0 Å². The summed E-state index contributed by atoms with van der Waals surface area (Å²) in [6.45, 7) is 7.48. The summed E-state index contributed by atoms with van der Waals surface area (Å²) in [4.78, 5) is 8.78. The van der Waals surface area contributed by atoms with Gasteiger partial charge in [0, 0.05) is 39.4 Å². The van der Waals surface area contributed by atoms with E-state index in [1.807, 2.05) is 13.0 Å². The summed E-state index contributed by atoms with van der Waals surface area (Å²) in [6, 6.07) is 1.83. The van der Waals surface area contributed by atoms with E-state index in [2.05, 4.69) is 22.2 Å². The molecule has 120 valence electrons. The SMILES string of the molecule is CCCNc1cc(OCCOCCCOC)nc(CC)n1. The molecule has 1 aromatic rings. The number of nitrogens with one attached hydrogen (secondary N) is 1. The summed E-state index contributed by atoms with van der Waals surface area (Å²) in [5.74, 6) is 2.20. The van der Waals surface area contributed by atoms with Gasteiger partial charge in [0.05, 0.1) is 6.61 Å². The number of hydrogen-bond donors (Lipinski definition) is 1. The molecule has 1 rings (SSSR count). The van der Waals surface area contributed by atoms with E-state index in [4.69, 9.17) is 14.2 Å². The van der Waals surface area contributed by atoms with Gasteiger partial charge in [0.15, 0.2) is 0 Å². The zero-order valence-electron chi connectivity index (χ0n) is 13.4. The lowest BCUT2D eigenvalue weighted by molar-refractivity contribution is 0.0795. The maximum Gasteiger partial charge on any atom is 0.218 e. The van der Waals surface area contributed by atoms with Crippen LogP contribution in [0, 0.1) is 0 Å². The molecule has 0 saturated carbocycles. The summed E-state index contributed by atoms with van der Waals surface area (Å²) >= 11 is 0.